The average molecular weight is 271 g/mol. The van der Waals surface area contributed by atoms with E-state index in [2.05, 4.69) is 10.6 Å². The molecule has 0 aromatic heterocycles. The van der Waals surface area contributed by atoms with E-state index in [1.165, 1.54) is 0 Å². The number of carbonyl (C=O) groups is 1. The Hall–Kier alpha value is -1.26. The molecular weight excluding hydrogens is 252 g/mol. The molecule has 1 aliphatic heterocycles. The van der Waals surface area contributed by atoms with Gasteiger partial charge in [0.1, 0.15) is 5.75 Å². The molecule has 1 amide bonds. The standard InChI is InChI=1S/C13H18N2O2.ClH/c1-17-11-6-4-5-10(9-11)15-13(16)12-7-2-3-8-14-12;/h4-6,9,12,14H,2-3,7-8H2,1H3,(H,15,16);1H/t12-;/m0./s1. The third kappa shape index (κ3) is 3.89. The van der Waals surface area contributed by atoms with E-state index in [0.717, 1.165) is 37.2 Å². The molecule has 2 rings (SSSR count). The van der Waals surface area contributed by atoms with Crippen LogP contribution in [0, 0.1) is 0 Å². The fourth-order valence-corrected chi connectivity index (χ4v) is 2.01. The highest BCUT2D eigenvalue weighted by molar-refractivity contribution is 5.95. The Kier molecular flexibility index (Phi) is 5.95. The molecule has 2 N–H and O–H groups in total. The second-order valence-electron chi connectivity index (χ2n) is 4.22. The van der Waals surface area contributed by atoms with Gasteiger partial charge in [-0.05, 0) is 31.5 Å². The monoisotopic (exact) mass is 270 g/mol. The Morgan fingerprint density at radius 3 is 2.94 bits per heavy atom. The van der Waals surface area contributed by atoms with E-state index in [0.29, 0.717) is 0 Å². The summed E-state index contributed by atoms with van der Waals surface area (Å²) >= 11 is 0. The van der Waals surface area contributed by atoms with Crippen molar-refractivity contribution in [2.24, 2.45) is 0 Å². The summed E-state index contributed by atoms with van der Waals surface area (Å²) < 4.78 is 5.11. The van der Waals surface area contributed by atoms with Crippen molar-refractivity contribution in [3.8, 4) is 5.75 Å². The van der Waals surface area contributed by atoms with Gasteiger partial charge in [0.2, 0.25) is 5.91 Å². The van der Waals surface area contributed by atoms with Gasteiger partial charge in [0.05, 0.1) is 13.2 Å². The predicted molar refractivity (Wildman–Crippen MR) is 74.5 cm³/mol. The summed E-state index contributed by atoms with van der Waals surface area (Å²) in [4.78, 5) is 12.0. The van der Waals surface area contributed by atoms with Crippen LogP contribution >= 0.6 is 12.4 Å². The van der Waals surface area contributed by atoms with Crippen molar-refractivity contribution in [2.75, 3.05) is 19.0 Å². The zero-order valence-electron chi connectivity index (χ0n) is 10.4. The summed E-state index contributed by atoms with van der Waals surface area (Å²) in [7, 11) is 1.61. The van der Waals surface area contributed by atoms with Crippen molar-refractivity contribution < 1.29 is 9.53 Å². The number of benzene rings is 1. The number of nitrogens with one attached hydrogen (secondary N) is 2. The van der Waals surface area contributed by atoms with Gasteiger partial charge in [0.15, 0.2) is 0 Å². The van der Waals surface area contributed by atoms with E-state index in [9.17, 15) is 4.79 Å². The summed E-state index contributed by atoms with van der Waals surface area (Å²) in [6, 6.07) is 7.34. The number of methoxy groups -OCH3 is 1. The summed E-state index contributed by atoms with van der Waals surface area (Å²) in [5, 5.41) is 6.13. The molecule has 1 atom stereocenters. The van der Waals surface area contributed by atoms with Crippen molar-refractivity contribution in [3.63, 3.8) is 0 Å². The second kappa shape index (κ2) is 7.24. The highest BCUT2D eigenvalue weighted by atomic mass is 35.5. The Labute approximate surface area is 114 Å². The van der Waals surface area contributed by atoms with Crippen LogP contribution in [0.5, 0.6) is 5.75 Å². The minimum Gasteiger partial charge on any atom is -0.497 e. The van der Waals surface area contributed by atoms with Gasteiger partial charge in [-0.3, -0.25) is 4.79 Å². The molecule has 1 saturated heterocycles. The summed E-state index contributed by atoms with van der Waals surface area (Å²) in [6.45, 7) is 0.927. The zero-order valence-corrected chi connectivity index (χ0v) is 11.3. The number of halogens is 1. The van der Waals surface area contributed by atoms with Gasteiger partial charge in [-0.15, -0.1) is 12.4 Å². The van der Waals surface area contributed by atoms with Crippen molar-refractivity contribution in [2.45, 2.75) is 25.3 Å². The Bertz CT molecular complexity index is 392. The van der Waals surface area contributed by atoms with E-state index < -0.39 is 0 Å². The highest BCUT2D eigenvalue weighted by Crippen LogP contribution is 2.17. The van der Waals surface area contributed by atoms with E-state index in [1.807, 2.05) is 24.3 Å². The van der Waals surface area contributed by atoms with Crippen molar-refractivity contribution >= 4 is 24.0 Å². The molecule has 4 nitrogen and oxygen atoms in total. The fraction of sp³-hybridized carbons (Fsp3) is 0.462. The Balaban J connectivity index is 0.00000162. The quantitative estimate of drug-likeness (QED) is 0.885. The SMILES string of the molecule is COc1cccc(NC(=O)[C@@H]2CCCCN2)c1.Cl. The Morgan fingerprint density at radius 1 is 1.44 bits per heavy atom. The molecule has 1 aliphatic rings. The molecule has 1 fully saturated rings. The maximum Gasteiger partial charge on any atom is 0.241 e. The second-order valence-corrected chi connectivity index (χ2v) is 4.22. The van der Waals surface area contributed by atoms with Crippen LogP contribution in [0.4, 0.5) is 5.69 Å². The number of piperidine rings is 1. The van der Waals surface area contributed by atoms with Gasteiger partial charge in [-0.1, -0.05) is 12.5 Å². The number of rotatable bonds is 3. The van der Waals surface area contributed by atoms with Gasteiger partial charge in [0.25, 0.3) is 0 Å². The average Bonchev–Trinajstić information content (AvgIpc) is 2.40. The number of amides is 1. The lowest BCUT2D eigenvalue weighted by Crippen LogP contribution is -2.43. The lowest BCUT2D eigenvalue weighted by Gasteiger charge is -2.22. The van der Waals surface area contributed by atoms with E-state index in [4.69, 9.17) is 4.74 Å². The van der Waals surface area contributed by atoms with Crippen molar-refractivity contribution in [1.29, 1.82) is 0 Å². The minimum absolute atomic E-state index is 0. The molecule has 1 aromatic carbocycles. The normalized spacial score (nSPS) is 18.6. The molecule has 100 valence electrons. The highest BCUT2D eigenvalue weighted by Gasteiger charge is 2.20. The summed E-state index contributed by atoms with van der Waals surface area (Å²) in [6.07, 6.45) is 3.18. The summed E-state index contributed by atoms with van der Waals surface area (Å²) in [5.74, 6) is 0.789. The maximum absolute atomic E-state index is 12.0. The topological polar surface area (TPSA) is 50.4 Å². The van der Waals surface area contributed by atoms with Crippen LogP contribution in [-0.2, 0) is 4.79 Å². The smallest absolute Gasteiger partial charge is 0.241 e. The largest absolute Gasteiger partial charge is 0.497 e. The number of carbonyl (C=O) groups excluding carboxylic acids is 1. The van der Waals surface area contributed by atoms with E-state index in [1.54, 1.807) is 7.11 Å². The van der Waals surface area contributed by atoms with Crippen LogP contribution in [0.1, 0.15) is 19.3 Å². The molecule has 0 aliphatic carbocycles. The molecule has 0 radical (unpaired) electrons. The van der Waals surface area contributed by atoms with Crippen LogP contribution in [0.3, 0.4) is 0 Å². The first-order chi connectivity index (χ1) is 8.29. The lowest BCUT2D eigenvalue weighted by molar-refractivity contribution is -0.118. The molecule has 0 saturated carbocycles. The van der Waals surface area contributed by atoms with Crippen LogP contribution in [0.2, 0.25) is 0 Å². The first-order valence-corrected chi connectivity index (χ1v) is 5.98. The predicted octanol–water partition coefficient (Wildman–Crippen LogP) is 2.20. The third-order valence-electron chi connectivity index (χ3n) is 2.96. The van der Waals surface area contributed by atoms with Gasteiger partial charge in [-0.2, -0.15) is 0 Å². The third-order valence-corrected chi connectivity index (χ3v) is 2.96. The van der Waals surface area contributed by atoms with Crippen LogP contribution < -0.4 is 15.4 Å². The van der Waals surface area contributed by atoms with Crippen LogP contribution in [0.15, 0.2) is 24.3 Å². The molecule has 5 heteroatoms. The van der Waals surface area contributed by atoms with Gasteiger partial charge < -0.3 is 15.4 Å². The number of anilines is 1. The van der Waals surface area contributed by atoms with Gasteiger partial charge in [-0.25, -0.2) is 0 Å². The van der Waals surface area contributed by atoms with E-state index >= 15 is 0 Å². The number of ether oxygens (including phenoxy) is 1. The van der Waals surface area contributed by atoms with Gasteiger partial charge >= 0.3 is 0 Å². The molecule has 18 heavy (non-hydrogen) atoms. The molecule has 1 heterocycles. The zero-order chi connectivity index (χ0) is 12.1. The van der Waals surface area contributed by atoms with Crippen molar-refractivity contribution in [1.82, 2.24) is 5.32 Å². The minimum atomic E-state index is -0.0602. The summed E-state index contributed by atoms with van der Waals surface area (Å²) in [5.41, 5.74) is 0.779. The van der Waals surface area contributed by atoms with Crippen molar-refractivity contribution in [3.05, 3.63) is 24.3 Å². The van der Waals surface area contributed by atoms with Crippen LogP contribution in [0.25, 0.3) is 0 Å². The first kappa shape index (κ1) is 14.8. The molecule has 0 bridgehead atoms. The molecular formula is C13H19ClN2O2. The Morgan fingerprint density at radius 2 is 2.28 bits per heavy atom. The fourth-order valence-electron chi connectivity index (χ4n) is 2.01. The lowest BCUT2D eigenvalue weighted by atomic mass is 10.0. The molecule has 0 spiro atoms. The molecule has 1 aromatic rings. The number of hydrogen-bond donors (Lipinski definition) is 2. The van der Waals surface area contributed by atoms with E-state index in [-0.39, 0.29) is 24.4 Å². The van der Waals surface area contributed by atoms with Crippen LogP contribution in [-0.4, -0.2) is 25.6 Å². The maximum atomic E-state index is 12.0. The van der Waals surface area contributed by atoms with Gasteiger partial charge in [0, 0.05) is 11.8 Å². The first-order valence-electron chi connectivity index (χ1n) is 5.98. The number of hydrogen-bond acceptors (Lipinski definition) is 3. The molecule has 0 unspecified atom stereocenters.